The van der Waals surface area contributed by atoms with Crippen LogP contribution in [0.15, 0.2) is 13.5 Å². The maximum atomic E-state index is 6.31. The number of nitrogens with two attached hydrogens (primary N) is 3. The Morgan fingerprint density at radius 3 is 0.833 bits per heavy atom. The van der Waals surface area contributed by atoms with Gasteiger partial charge in [-0.05, 0) is 42.3 Å². The molecule has 0 aromatic rings. The molecule has 0 amide bonds. The Labute approximate surface area is 109 Å². The molecule has 0 aliphatic carbocycles. The molecule has 0 saturated heterocycles. The van der Waals surface area contributed by atoms with Gasteiger partial charge in [0.1, 0.15) is 0 Å². The van der Waals surface area contributed by atoms with Crippen LogP contribution in [-0.2, 0) is 0 Å². The molecule has 12 heteroatoms. The monoisotopic (exact) mass is 315 g/mol. The topological polar surface area (TPSA) is 125 Å². The van der Waals surface area contributed by atoms with Gasteiger partial charge >= 0.3 is 0 Å². The average Bonchev–Trinajstić information content (AvgIpc) is 2.14. The molecule has 9 nitrogen and oxygen atoms in total. The van der Waals surface area contributed by atoms with Gasteiger partial charge in [0.2, 0.25) is 22.5 Å². The third-order valence-electron chi connectivity index (χ3n) is 2.56. The van der Waals surface area contributed by atoms with Crippen molar-refractivity contribution in [3.05, 3.63) is 0 Å². The van der Waals surface area contributed by atoms with Crippen molar-refractivity contribution in [2.45, 2.75) is 0 Å². The summed E-state index contributed by atoms with van der Waals surface area (Å²) in [4.78, 5) is 0. The summed E-state index contributed by atoms with van der Waals surface area (Å²) in [5, 5.41) is 0. The number of rotatable bonds is 3. The van der Waals surface area contributed by atoms with E-state index in [0.717, 1.165) is 0 Å². The lowest BCUT2D eigenvalue weighted by atomic mass is 11.3. The van der Waals surface area contributed by atoms with Crippen LogP contribution in [0.4, 0.5) is 0 Å². The van der Waals surface area contributed by atoms with E-state index in [1.807, 2.05) is 42.3 Å². The van der Waals surface area contributed by atoms with Crippen LogP contribution in [0.25, 0.3) is 0 Å². The minimum absolute atomic E-state index is 1.80. The van der Waals surface area contributed by atoms with Crippen LogP contribution in [0, 0.1) is 0 Å². The molecule has 0 spiro atoms. The van der Waals surface area contributed by atoms with Gasteiger partial charge in [-0.3, -0.25) is 16.5 Å². The third-order valence-corrected chi connectivity index (χ3v) is 12.4. The van der Waals surface area contributed by atoms with Crippen LogP contribution in [0.2, 0.25) is 0 Å². The van der Waals surface area contributed by atoms with Gasteiger partial charge in [0.15, 0.2) is 0 Å². The number of hydrogen-bond donors (Lipinski definition) is 3. The smallest absolute Gasteiger partial charge is 0.215 e. The zero-order valence-corrected chi connectivity index (χ0v) is 14.4. The number of hydrogen-bond acceptors (Lipinski definition) is 9. The lowest BCUT2D eigenvalue weighted by molar-refractivity contribution is 0.644. The van der Waals surface area contributed by atoms with E-state index in [2.05, 4.69) is 13.5 Å². The predicted molar refractivity (Wildman–Crippen MR) is 81.7 cm³/mol. The van der Waals surface area contributed by atoms with Gasteiger partial charge in [0.25, 0.3) is 0 Å². The second-order valence-corrected chi connectivity index (χ2v) is 12.9. The Morgan fingerprint density at radius 1 is 0.556 bits per heavy atom. The molecule has 0 radical (unpaired) electrons. The summed E-state index contributed by atoms with van der Waals surface area (Å²) in [6, 6.07) is 0. The van der Waals surface area contributed by atoms with Gasteiger partial charge in [0.05, 0.1) is 0 Å². The van der Waals surface area contributed by atoms with E-state index < -0.39 is 22.5 Å². The van der Waals surface area contributed by atoms with Crippen LogP contribution in [0.3, 0.4) is 0 Å². The van der Waals surface area contributed by atoms with Gasteiger partial charge in [-0.2, -0.15) is 13.5 Å². The lowest BCUT2D eigenvalue weighted by Crippen LogP contribution is -2.23. The van der Waals surface area contributed by atoms with Crippen LogP contribution in [0.5, 0.6) is 0 Å². The normalized spacial score (nSPS) is 40.7. The molecule has 0 aromatic heterocycles. The maximum Gasteiger partial charge on any atom is 0.215 e. The highest BCUT2D eigenvalue weighted by Gasteiger charge is 2.35. The first kappa shape index (κ1) is 16.5. The van der Waals surface area contributed by atoms with Crippen molar-refractivity contribution in [1.82, 2.24) is 14.0 Å². The highest BCUT2D eigenvalue weighted by molar-refractivity contribution is 7.82. The second-order valence-electron chi connectivity index (χ2n) is 4.65. The first-order valence-corrected chi connectivity index (χ1v) is 10.4. The van der Waals surface area contributed by atoms with Gasteiger partial charge in [-0.25, -0.2) is 14.0 Å². The van der Waals surface area contributed by atoms with Gasteiger partial charge < -0.3 is 0 Å². The maximum absolute atomic E-state index is 6.31. The van der Waals surface area contributed by atoms with E-state index in [-0.39, 0.29) is 0 Å². The molecule has 6 N–H and O–H groups in total. The summed E-state index contributed by atoms with van der Waals surface area (Å²) >= 11 is 0. The largest absolute Gasteiger partial charge is 0.267 e. The molecule has 0 unspecified atom stereocenters. The minimum atomic E-state index is -2.53. The van der Waals surface area contributed by atoms with E-state index in [1.165, 1.54) is 0 Å². The second kappa shape index (κ2) is 5.09. The van der Waals surface area contributed by atoms with Crippen LogP contribution >= 0.6 is 22.5 Å². The predicted octanol–water partition coefficient (Wildman–Crippen LogP) is 1.40. The zero-order valence-electron chi connectivity index (χ0n) is 11.8. The van der Waals surface area contributed by atoms with Crippen LogP contribution < -0.4 is 16.5 Å². The van der Waals surface area contributed by atoms with Crippen molar-refractivity contribution in [2.75, 3.05) is 42.3 Å². The molecular weight excluding hydrogens is 291 g/mol. The Morgan fingerprint density at radius 2 is 0.722 bits per heavy atom. The summed E-state index contributed by atoms with van der Waals surface area (Å²) in [6.45, 7) is 0. The Kier molecular flexibility index (Phi) is 4.67. The van der Waals surface area contributed by atoms with E-state index in [9.17, 15) is 0 Å². The molecule has 0 saturated carbocycles. The molecule has 1 aliphatic rings. The van der Waals surface area contributed by atoms with E-state index in [1.54, 1.807) is 14.0 Å². The summed E-state index contributed by atoms with van der Waals surface area (Å²) < 4.78 is 19.0. The Hall–Kier alpha value is 0.450. The van der Waals surface area contributed by atoms with E-state index in [0.29, 0.717) is 0 Å². The molecule has 0 atom stereocenters. The molecule has 0 bridgehead atoms. The van der Waals surface area contributed by atoms with Crippen molar-refractivity contribution in [2.24, 2.45) is 30.1 Å². The molecule has 1 heterocycles. The minimum Gasteiger partial charge on any atom is -0.267 e. The first-order valence-electron chi connectivity index (χ1n) is 5.26. The Balaban J connectivity index is 3.66. The van der Waals surface area contributed by atoms with Crippen molar-refractivity contribution < 1.29 is 0 Å². The van der Waals surface area contributed by atoms with Gasteiger partial charge in [-0.15, -0.1) is 0 Å². The molecule has 108 valence electrons. The van der Waals surface area contributed by atoms with Crippen LogP contribution in [0.1, 0.15) is 0 Å². The fraction of sp³-hybridized carbons (Fsp3) is 1.00. The summed E-state index contributed by atoms with van der Waals surface area (Å²) in [7, 11) is 3.44. The molecule has 1 aliphatic heterocycles. The average molecular weight is 315 g/mol. The van der Waals surface area contributed by atoms with Gasteiger partial charge in [-0.1, -0.05) is 0 Å². The molecule has 18 heavy (non-hydrogen) atoms. The quantitative estimate of drug-likeness (QED) is 0.676. The first-order chi connectivity index (χ1) is 7.95. The summed E-state index contributed by atoms with van der Waals surface area (Å²) in [5.74, 6) is 0. The summed E-state index contributed by atoms with van der Waals surface area (Å²) in [6.07, 6.45) is 0. The van der Waals surface area contributed by atoms with Crippen LogP contribution in [-0.4, -0.2) is 56.3 Å². The van der Waals surface area contributed by atoms with Crippen molar-refractivity contribution in [3.63, 3.8) is 0 Å². The van der Waals surface area contributed by atoms with E-state index in [4.69, 9.17) is 16.5 Å². The zero-order chi connectivity index (χ0) is 14.4. The van der Waals surface area contributed by atoms with E-state index >= 15 is 0 Å². The van der Waals surface area contributed by atoms with Gasteiger partial charge in [0, 0.05) is 0 Å². The summed E-state index contributed by atoms with van der Waals surface area (Å²) in [5.41, 5.74) is 18.9. The lowest BCUT2D eigenvalue weighted by Gasteiger charge is -2.37. The fourth-order valence-electron chi connectivity index (χ4n) is 1.11. The van der Waals surface area contributed by atoms with Crippen molar-refractivity contribution in [3.8, 4) is 0 Å². The van der Waals surface area contributed by atoms with Crippen molar-refractivity contribution >= 4 is 22.5 Å². The highest BCUT2D eigenvalue weighted by Crippen LogP contribution is 2.72. The van der Waals surface area contributed by atoms with Crippen molar-refractivity contribution in [1.29, 1.82) is 0 Å². The molecule has 1 rings (SSSR count). The Bertz CT molecular complexity index is 403. The highest BCUT2D eigenvalue weighted by atomic mass is 31.3. The number of nitrogens with zero attached hydrogens (tertiary/aromatic N) is 6. The standard InChI is InChI=1S/C6H24N9P3/c1-13(2)16(7)10-17(8,14(3)4)12-18(9,11-16)15(5)6/h7-9H2,1-6H3. The molecular formula is C6H24N9P3. The molecule has 0 fully saturated rings. The fourth-order valence-corrected chi connectivity index (χ4v) is 11.0. The SMILES string of the molecule is CN(C)P1(N)=NP(N)(N(C)C)=NP(N)(N(C)C)=N1. The third kappa shape index (κ3) is 2.96. The molecule has 0 aromatic carbocycles.